The highest BCUT2D eigenvalue weighted by Crippen LogP contribution is 2.41. The zero-order valence-electron chi connectivity index (χ0n) is 16.4. The van der Waals surface area contributed by atoms with Crippen LogP contribution in [0.3, 0.4) is 0 Å². The van der Waals surface area contributed by atoms with Gasteiger partial charge in [0.05, 0.1) is 11.1 Å². The fraction of sp³-hybridized carbons (Fsp3) is 0.174. The van der Waals surface area contributed by atoms with Gasteiger partial charge in [0, 0.05) is 22.8 Å². The number of hydrogen-bond donors (Lipinski definition) is 2. The molecule has 6 nitrogen and oxygen atoms in total. The average Bonchev–Trinajstić information content (AvgIpc) is 3.02. The summed E-state index contributed by atoms with van der Waals surface area (Å²) in [5, 5.41) is 20.3. The molecule has 0 radical (unpaired) electrons. The van der Waals surface area contributed by atoms with Gasteiger partial charge < -0.3 is 10.2 Å². The molecular weight excluding hydrogens is 366 g/mol. The maximum absolute atomic E-state index is 11.3. The van der Waals surface area contributed by atoms with Crippen LogP contribution in [-0.2, 0) is 0 Å². The first-order chi connectivity index (χ1) is 13.9. The molecule has 0 unspecified atom stereocenters. The molecule has 0 aliphatic heterocycles. The second-order valence-corrected chi connectivity index (χ2v) is 7.30. The normalized spacial score (nSPS) is 11.3. The molecule has 0 spiro atoms. The van der Waals surface area contributed by atoms with E-state index in [1.807, 2.05) is 31.2 Å². The van der Waals surface area contributed by atoms with Gasteiger partial charge in [0.1, 0.15) is 17.4 Å². The molecule has 0 aliphatic carbocycles. The summed E-state index contributed by atoms with van der Waals surface area (Å²) < 4.78 is 2.09. The molecule has 0 saturated carbocycles. The van der Waals surface area contributed by atoms with Crippen LogP contribution in [0, 0.1) is 6.92 Å². The fourth-order valence-electron chi connectivity index (χ4n) is 3.74. The highest BCUT2D eigenvalue weighted by molar-refractivity contribution is 6.00. The largest absolute Gasteiger partial charge is 0.508 e. The number of carboxylic acids is 1. The Morgan fingerprint density at radius 3 is 2.41 bits per heavy atom. The Morgan fingerprint density at radius 2 is 1.79 bits per heavy atom. The van der Waals surface area contributed by atoms with Crippen LogP contribution >= 0.6 is 0 Å². The lowest BCUT2D eigenvalue weighted by atomic mass is 9.96. The van der Waals surface area contributed by atoms with Crippen LogP contribution in [0.4, 0.5) is 0 Å². The first-order valence-electron chi connectivity index (χ1n) is 9.38. The maximum Gasteiger partial charge on any atom is 0.335 e. The summed E-state index contributed by atoms with van der Waals surface area (Å²) >= 11 is 0. The van der Waals surface area contributed by atoms with Gasteiger partial charge in [-0.15, -0.1) is 0 Å². The predicted octanol–water partition coefficient (Wildman–Crippen LogP) is 4.92. The molecule has 2 aromatic carbocycles. The molecule has 0 amide bonds. The molecule has 2 aromatic heterocycles. The highest BCUT2D eigenvalue weighted by Gasteiger charge is 2.23. The Morgan fingerprint density at radius 1 is 1.07 bits per heavy atom. The van der Waals surface area contributed by atoms with Crippen LogP contribution in [-0.4, -0.2) is 30.7 Å². The number of hydrogen-bond acceptors (Lipinski definition) is 4. The molecule has 2 N–H and O–H groups in total. The number of rotatable bonds is 4. The molecule has 0 aliphatic rings. The molecule has 146 valence electrons. The number of benzene rings is 2. The summed E-state index contributed by atoms with van der Waals surface area (Å²) in [5.74, 6) is 0.786. The third-order valence-electron chi connectivity index (χ3n) is 4.95. The maximum atomic E-state index is 11.3. The number of aryl methyl sites for hydroxylation is 1. The summed E-state index contributed by atoms with van der Waals surface area (Å²) in [6.45, 7) is 6.06. The molecule has 0 fully saturated rings. The van der Waals surface area contributed by atoms with Gasteiger partial charge in [-0.2, -0.15) is 0 Å². The Balaban J connectivity index is 2.09. The number of nitrogens with zero attached hydrogens (tertiary/aromatic N) is 3. The van der Waals surface area contributed by atoms with Crippen LogP contribution in [0.25, 0.3) is 27.8 Å². The summed E-state index contributed by atoms with van der Waals surface area (Å²) in [4.78, 5) is 20.1. The number of carbonyl (C=O) groups is 1. The molecule has 4 aromatic rings. The highest BCUT2D eigenvalue weighted by atomic mass is 16.4. The van der Waals surface area contributed by atoms with Gasteiger partial charge in [-0.3, -0.25) is 4.57 Å². The molecule has 29 heavy (non-hydrogen) atoms. The van der Waals surface area contributed by atoms with Crippen molar-refractivity contribution in [2.24, 2.45) is 0 Å². The fourth-order valence-corrected chi connectivity index (χ4v) is 3.74. The van der Waals surface area contributed by atoms with E-state index in [0.717, 1.165) is 33.5 Å². The van der Waals surface area contributed by atoms with Gasteiger partial charge >= 0.3 is 5.97 Å². The van der Waals surface area contributed by atoms with E-state index in [0.29, 0.717) is 5.82 Å². The number of aromatic nitrogens is 3. The van der Waals surface area contributed by atoms with Gasteiger partial charge in [-0.1, -0.05) is 26.0 Å². The van der Waals surface area contributed by atoms with Crippen molar-refractivity contribution in [2.75, 3.05) is 0 Å². The number of aromatic carboxylic acids is 1. The smallest absolute Gasteiger partial charge is 0.335 e. The van der Waals surface area contributed by atoms with Crippen molar-refractivity contribution < 1.29 is 15.0 Å². The van der Waals surface area contributed by atoms with Crippen molar-refractivity contribution >= 4 is 16.9 Å². The second kappa shape index (κ2) is 7.05. The third-order valence-corrected chi connectivity index (χ3v) is 4.95. The second-order valence-electron chi connectivity index (χ2n) is 7.30. The van der Waals surface area contributed by atoms with Gasteiger partial charge in [0.15, 0.2) is 0 Å². The Hall–Kier alpha value is -3.67. The average molecular weight is 387 g/mol. The van der Waals surface area contributed by atoms with E-state index in [9.17, 15) is 15.0 Å². The summed E-state index contributed by atoms with van der Waals surface area (Å²) in [5.41, 5.74) is 4.03. The lowest BCUT2D eigenvalue weighted by Crippen LogP contribution is -2.06. The molecule has 0 atom stereocenters. The van der Waals surface area contributed by atoms with Crippen LogP contribution in [0.15, 0.2) is 54.7 Å². The quantitative estimate of drug-likeness (QED) is 0.519. The monoisotopic (exact) mass is 387 g/mol. The molecule has 4 rings (SSSR count). The predicted molar refractivity (Wildman–Crippen MR) is 112 cm³/mol. The minimum Gasteiger partial charge on any atom is -0.508 e. The first kappa shape index (κ1) is 18.7. The van der Waals surface area contributed by atoms with Crippen molar-refractivity contribution in [1.82, 2.24) is 14.5 Å². The van der Waals surface area contributed by atoms with Crippen molar-refractivity contribution in [3.63, 3.8) is 0 Å². The zero-order valence-corrected chi connectivity index (χ0v) is 16.4. The first-order valence-corrected chi connectivity index (χ1v) is 9.38. The molecule has 6 heteroatoms. The van der Waals surface area contributed by atoms with E-state index in [2.05, 4.69) is 28.4 Å². The topological polar surface area (TPSA) is 88.2 Å². The SMILES string of the molecule is Cc1nccc(-n2c(C(C)C)c(-c3ccc(C(=O)O)cc3)c3cc(O)ccc32)n1. The minimum absolute atomic E-state index is 0.147. The van der Waals surface area contributed by atoms with Crippen LogP contribution in [0.1, 0.15) is 41.6 Å². The third kappa shape index (κ3) is 3.23. The van der Waals surface area contributed by atoms with Crippen molar-refractivity contribution in [2.45, 2.75) is 26.7 Å². The van der Waals surface area contributed by atoms with Crippen LogP contribution in [0.2, 0.25) is 0 Å². The number of carboxylic acid groups (broad SMARTS) is 1. The Bertz CT molecular complexity index is 1220. The summed E-state index contributed by atoms with van der Waals surface area (Å²) in [6, 6.07) is 14.0. The van der Waals surface area contributed by atoms with E-state index in [4.69, 9.17) is 0 Å². The molecule has 0 saturated heterocycles. The Kier molecular flexibility index (Phi) is 4.54. The van der Waals surface area contributed by atoms with Crippen molar-refractivity contribution in [3.8, 4) is 22.7 Å². The van der Waals surface area contributed by atoms with Gasteiger partial charge in [0.2, 0.25) is 0 Å². The summed E-state index contributed by atoms with van der Waals surface area (Å²) in [6.07, 6.45) is 1.73. The standard InChI is InChI=1S/C23H21N3O3/c1-13(2)22-21(15-4-6-16(7-5-15)23(28)29)18-12-17(27)8-9-19(18)26(22)20-10-11-24-14(3)25-20/h4-13,27H,1-3H3,(H,28,29). The van der Waals surface area contributed by atoms with Crippen LogP contribution < -0.4 is 0 Å². The number of phenols is 1. The van der Waals surface area contributed by atoms with Gasteiger partial charge in [-0.25, -0.2) is 14.8 Å². The molecule has 0 bridgehead atoms. The number of aromatic hydroxyl groups is 1. The zero-order chi connectivity index (χ0) is 20.7. The van der Waals surface area contributed by atoms with E-state index in [-0.39, 0.29) is 17.2 Å². The van der Waals surface area contributed by atoms with Gasteiger partial charge in [-0.05, 0) is 54.8 Å². The van der Waals surface area contributed by atoms with E-state index < -0.39 is 5.97 Å². The van der Waals surface area contributed by atoms with Crippen molar-refractivity contribution in [1.29, 1.82) is 0 Å². The van der Waals surface area contributed by atoms with Gasteiger partial charge in [0.25, 0.3) is 0 Å². The van der Waals surface area contributed by atoms with Crippen molar-refractivity contribution in [3.05, 3.63) is 71.8 Å². The summed E-state index contributed by atoms with van der Waals surface area (Å²) in [7, 11) is 0. The van der Waals surface area contributed by atoms with E-state index in [1.165, 1.54) is 0 Å². The molecule has 2 heterocycles. The number of fused-ring (bicyclic) bond motifs is 1. The lowest BCUT2D eigenvalue weighted by Gasteiger charge is -2.15. The number of phenolic OH excluding ortho intramolecular Hbond substituents is 1. The molecular formula is C23H21N3O3. The van der Waals surface area contributed by atoms with E-state index >= 15 is 0 Å². The minimum atomic E-state index is -0.961. The van der Waals surface area contributed by atoms with E-state index in [1.54, 1.807) is 30.5 Å². The lowest BCUT2D eigenvalue weighted by molar-refractivity contribution is 0.0697. The van der Waals surface area contributed by atoms with Crippen LogP contribution in [0.5, 0.6) is 5.75 Å². The Labute approximate surface area is 168 Å².